The first-order valence-corrected chi connectivity index (χ1v) is 8.08. The second kappa shape index (κ2) is 4.76. The monoisotopic (exact) mass is 264 g/mol. The summed E-state index contributed by atoms with van der Waals surface area (Å²) in [5.41, 5.74) is 6.65. The number of carbonyl (C=O) groups excluding carboxylic acids is 1. The fraction of sp³-hybridized carbons (Fsp3) is 0.938. The highest BCUT2D eigenvalue weighted by atomic mass is 16.2. The van der Waals surface area contributed by atoms with Crippen molar-refractivity contribution in [1.82, 2.24) is 4.90 Å². The van der Waals surface area contributed by atoms with Crippen molar-refractivity contribution >= 4 is 5.91 Å². The Morgan fingerprint density at radius 3 is 2.74 bits per heavy atom. The number of hydrogen-bond acceptors (Lipinski definition) is 2. The van der Waals surface area contributed by atoms with Crippen LogP contribution in [0.25, 0.3) is 0 Å². The molecule has 19 heavy (non-hydrogen) atoms. The quantitative estimate of drug-likeness (QED) is 0.832. The molecular formula is C16H28N2O. The molecule has 3 nitrogen and oxygen atoms in total. The molecule has 1 heterocycles. The smallest absolute Gasteiger partial charge is 0.227 e. The third-order valence-electron chi connectivity index (χ3n) is 6.21. The van der Waals surface area contributed by atoms with E-state index >= 15 is 0 Å². The zero-order valence-corrected chi connectivity index (χ0v) is 12.4. The Kier molecular flexibility index (Phi) is 3.36. The van der Waals surface area contributed by atoms with Gasteiger partial charge in [-0.25, -0.2) is 0 Å². The van der Waals surface area contributed by atoms with Gasteiger partial charge in [-0.2, -0.15) is 0 Å². The first kappa shape index (κ1) is 13.4. The number of piperidine rings is 1. The van der Waals surface area contributed by atoms with Crippen molar-refractivity contribution in [3.8, 4) is 0 Å². The molecule has 2 N–H and O–H groups in total. The summed E-state index contributed by atoms with van der Waals surface area (Å²) < 4.78 is 0. The Bertz CT molecular complexity index is 368. The largest absolute Gasteiger partial charge is 0.342 e. The number of fused-ring (bicyclic) bond motifs is 2. The van der Waals surface area contributed by atoms with Crippen LogP contribution in [-0.4, -0.2) is 29.9 Å². The normalized spacial score (nSPS) is 45.7. The summed E-state index contributed by atoms with van der Waals surface area (Å²) in [6, 6.07) is 0.140. The maximum absolute atomic E-state index is 12.9. The summed E-state index contributed by atoms with van der Waals surface area (Å²) in [5.74, 6) is 1.72. The van der Waals surface area contributed by atoms with Crippen molar-refractivity contribution in [3.05, 3.63) is 0 Å². The van der Waals surface area contributed by atoms with E-state index in [0.717, 1.165) is 19.5 Å². The molecule has 5 unspecified atom stereocenters. The van der Waals surface area contributed by atoms with Crippen LogP contribution in [0.15, 0.2) is 0 Å². The minimum absolute atomic E-state index is 0.137. The average Bonchev–Trinajstić information content (AvgIpc) is 2.99. The lowest BCUT2D eigenvalue weighted by atomic mass is 9.78. The SMILES string of the molecule is CCC1(C)CCCN(C(=O)C2C3CCC(C3)C2N)C1. The van der Waals surface area contributed by atoms with Crippen molar-refractivity contribution in [3.63, 3.8) is 0 Å². The van der Waals surface area contributed by atoms with Gasteiger partial charge in [0.1, 0.15) is 0 Å². The van der Waals surface area contributed by atoms with E-state index in [-0.39, 0.29) is 12.0 Å². The molecule has 3 heteroatoms. The van der Waals surface area contributed by atoms with Gasteiger partial charge in [-0.15, -0.1) is 0 Å². The maximum atomic E-state index is 12.9. The third kappa shape index (κ3) is 2.20. The van der Waals surface area contributed by atoms with E-state index in [4.69, 9.17) is 5.73 Å². The molecule has 3 fully saturated rings. The summed E-state index contributed by atoms with van der Waals surface area (Å²) in [5, 5.41) is 0. The van der Waals surface area contributed by atoms with Crippen LogP contribution in [0.4, 0.5) is 0 Å². The molecule has 0 aromatic carbocycles. The molecule has 0 spiro atoms. The molecule has 0 aromatic rings. The number of nitrogens with two attached hydrogens (primary N) is 1. The molecule has 3 rings (SSSR count). The number of hydrogen-bond donors (Lipinski definition) is 1. The fourth-order valence-corrected chi connectivity index (χ4v) is 4.71. The molecule has 2 bridgehead atoms. The van der Waals surface area contributed by atoms with Crippen molar-refractivity contribution in [2.24, 2.45) is 28.9 Å². The van der Waals surface area contributed by atoms with E-state index in [9.17, 15) is 4.79 Å². The van der Waals surface area contributed by atoms with Gasteiger partial charge in [0.15, 0.2) is 0 Å². The van der Waals surface area contributed by atoms with E-state index in [2.05, 4.69) is 18.7 Å². The van der Waals surface area contributed by atoms with Crippen molar-refractivity contribution in [2.45, 2.75) is 58.4 Å². The van der Waals surface area contributed by atoms with Crippen LogP contribution in [0.2, 0.25) is 0 Å². The second-order valence-corrected chi connectivity index (χ2v) is 7.46. The molecule has 3 aliphatic rings. The van der Waals surface area contributed by atoms with E-state index in [0.29, 0.717) is 23.2 Å². The highest BCUT2D eigenvalue weighted by Gasteiger charge is 2.50. The van der Waals surface area contributed by atoms with Gasteiger partial charge in [0.25, 0.3) is 0 Å². The van der Waals surface area contributed by atoms with Gasteiger partial charge in [0, 0.05) is 19.1 Å². The molecule has 1 amide bonds. The molecule has 1 saturated heterocycles. The Hall–Kier alpha value is -0.570. The molecule has 0 radical (unpaired) electrons. The van der Waals surface area contributed by atoms with E-state index in [1.54, 1.807) is 0 Å². The summed E-state index contributed by atoms with van der Waals surface area (Å²) in [7, 11) is 0. The summed E-state index contributed by atoms with van der Waals surface area (Å²) in [6.45, 7) is 6.47. The van der Waals surface area contributed by atoms with Gasteiger partial charge in [-0.1, -0.05) is 13.8 Å². The van der Waals surface area contributed by atoms with Crippen LogP contribution in [0.5, 0.6) is 0 Å². The van der Waals surface area contributed by atoms with Crippen LogP contribution in [0, 0.1) is 23.2 Å². The van der Waals surface area contributed by atoms with Crippen molar-refractivity contribution in [2.75, 3.05) is 13.1 Å². The van der Waals surface area contributed by atoms with Crippen LogP contribution in [-0.2, 0) is 4.79 Å². The lowest BCUT2D eigenvalue weighted by Crippen LogP contribution is -2.51. The van der Waals surface area contributed by atoms with E-state index in [1.807, 2.05) is 0 Å². The highest BCUT2D eigenvalue weighted by Crippen LogP contribution is 2.48. The number of amides is 1. The lowest BCUT2D eigenvalue weighted by molar-refractivity contribution is -0.141. The summed E-state index contributed by atoms with van der Waals surface area (Å²) in [6.07, 6.45) is 7.27. The summed E-state index contributed by atoms with van der Waals surface area (Å²) >= 11 is 0. The van der Waals surface area contributed by atoms with Gasteiger partial charge < -0.3 is 10.6 Å². The van der Waals surface area contributed by atoms with Crippen LogP contribution in [0.1, 0.15) is 52.4 Å². The minimum Gasteiger partial charge on any atom is -0.342 e. The predicted molar refractivity (Wildman–Crippen MR) is 76.5 cm³/mol. The van der Waals surface area contributed by atoms with E-state index in [1.165, 1.54) is 32.1 Å². The second-order valence-electron chi connectivity index (χ2n) is 7.46. The average molecular weight is 264 g/mol. The molecule has 2 saturated carbocycles. The number of rotatable bonds is 2. The zero-order valence-electron chi connectivity index (χ0n) is 12.4. The van der Waals surface area contributed by atoms with Gasteiger partial charge in [-0.3, -0.25) is 4.79 Å². The molecule has 0 aromatic heterocycles. The number of likely N-dealkylation sites (tertiary alicyclic amines) is 1. The van der Waals surface area contributed by atoms with Crippen molar-refractivity contribution < 1.29 is 4.79 Å². The maximum Gasteiger partial charge on any atom is 0.227 e. The lowest BCUT2D eigenvalue weighted by Gasteiger charge is -2.42. The van der Waals surface area contributed by atoms with Crippen LogP contribution >= 0.6 is 0 Å². The van der Waals surface area contributed by atoms with Gasteiger partial charge in [0.05, 0.1) is 5.92 Å². The zero-order chi connectivity index (χ0) is 13.6. The molecule has 2 aliphatic carbocycles. The van der Waals surface area contributed by atoms with Crippen molar-refractivity contribution in [1.29, 1.82) is 0 Å². The molecule has 5 atom stereocenters. The topological polar surface area (TPSA) is 46.3 Å². The molecule has 1 aliphatic heterocycles. The van der Waals surface area contributed by atoms with Gasteiger partial charge >= 0.3 is 0 Å². The standard InChI is InChI=1S/C16H28N2O/c1-3-16(2)7-4-8-18(10-16)15(19)13-11-5-6-12(9-11)14(13)17/h11-14H,3-10,17H2,1-2H3. The van der Waals surface area contributed by atoms with Crippen LogP contribution < -0.4 is 5.73 Å². The Balaban J connectivity index is 1.70. The first-order chi connectivity index (χ1) is 9.04. The number of carbonyl (C=O) groups is 1. The predicted octanol–water partition coefficient (Wildman–Crippen LogP) is 2.40. The minimum atomic E-state index is 0.137. The van der Waals surface area contributed by atoms with Crippen LogP contribution in [0.3, 0.4) is 0 Å². The van der Waals surface area contributed by atoms with Gasteiger partial charge in [0.2, 0.25) is 5.91 Å². The van der Waals surface area contributed by atoms with Gasteiger partial charge in [-0.05, 0) is 55.8 Å². The first-order valence-electron chi connectivity index (χ1n) is 8.08. The fourth-order valence-electron chi connectivity index (χ4n) is 4.71. The van der Waals surface area contributed by atoms with E-state index < -0.39 is 0 Å². The Morgan fingerprint density at radius 2 is 2.11 bits per heavy atom. The summed E-state index contributed by atoms with van der Waals surface area (Å²) in [4.78, 5) is 15.0. The molecule has 108 valence electrons. The molecular weight excluding hydrogens is 236 g/mol. The highest BCUT2D eigenvalue weighted by molar-refractivity contribution is 5.80. The third-order valence-corrected chi connectivity index (χ3v) is 6.21. The Morgan fingerprint density at radius 1 is 1.37 bits per heavy atom. The number of nitrogens with zero attached hydrogens (tertiary/aromatic N) is 1. The Labute approximate surface area is 116 Å².